The molecule has 7 rings (SSSR count). The van der Waals surface area contributed by atoms with Crippen molar-refractivity contribution < 1.29 is 108 Å². The third kappa shape index (κ3) is 20.7. The van der Waals surface area contributed by atoms with Crippen molar-refractivity contribution in [2.75, 3.05) is 20.6 Å². The molecule has 13 nitrogen and oxygen atoms in total. The largest absolute Gasteiger partial charge is 2.00 e. The second kappa shape index (κ2) is 25.8. The number of unbranched alkanes of at least 4 members (excludes halogenated alkanes) is 15. The maximum atomic E-state index is 11.1. The van der Waals surface area contributed by atoms with E-state index >= 15 is 0 Å². The smallest absolute Gasteiger partial charge is 0.870 e. The van der Waals surface area contributed by atoms with Crippen LogP contribution < -0.4 is 67.6 Å². The van der Waals surface area contributed by atoms with E-state index in [1.807, 2.05) is 0 Å². The van der Waals surface area contributed by atoms with Crippen molar-refractivity contribution in [3.8, 4) is 0 Å². The van der Waals surface area contributed by atoms with Gasteiger partial charge in [0.25, 0.3) is 0 Å². The predicted molar refractivity (Wildman–Crippen MR) is 166 cm³/mol. The fourth-order valence-corrected chi connectivity index (χ4v) is 17.1. The van der Waals surface area contributed by atoms with Crippen LogP contribution in [-0.4, -0.2) is 95.3 Å². The number of hydrogen-bond donors (Lipinski definition) is 0. The Kier molecular flexibility index (Phi) is 29.3. The van der Waals surface area contributed by atoms with Gasteiger partial charge in [0.1, 0.15) is 6.54 Å². The van der Waals surface area contributed by atoms with Crippen molar-refractivity contribution in [2.45, 2.75) is 116 Å². The van der Waals surface area contributed by atoms with Gasteiger partial charge in [0.05, 0.1) is 20.6 Å². The van der Waals surface area contributed by atoms with Gasteiger partial charge in [-0.3, -0.25) is 0 Å². The zero-order chi connectivity index (χ0) is 30.6. The van der Waals surface area contributed by atoms with Crippen molar-refractivity contribution in [1.82, 2.24) is 0 Å². The molecule has 6 fully saturated rings. The molecule has 0 amide bonds. The number of quaternary nitrogens is 1. The molecule has 4 bridgehead atoms. The molecule has 1 aromatic carbocycles. The average Bonchev–Trinajstić information content (AvgIpc) is 2.86. The van der Waals surface area contributed by atoms with Gasteiger partial charge in [0, 0.05) is 5.56 Å². The summed E-state index contributed by atoms with van der Waals surface area (Å²) < 4.78 is 26.3. The molecule has 0 saturated carbocycles. The van der Waals surface area contributed by atoms with Gasteiger partial charge < -0.3 is 59.3 Å². The van der Waals surface area contributed by atoms with Crippen LogP contribution >= 0.6 is 0 Å². The minimum atomic E-state index is -4.48. The zero-order valence-corrected chi connectivity index (χ0v) is 36.7. The normalized spacial score (nSPS) is 26.7. The molecule has 258 valence electrons. The summed E-state index contributed by atoms with van der Waals surface area (Å²) >= 11 is 0. The molecule has 6 heterocycles. The Bertz CT molecular complexity index is 875. The SMILES string of the molecule is CCCCCCCCCCCCCCCCCC[N+](C)(C)Cc1ccccc1.[Li+].[Mg+2].[Na+].[O-][Si]12O[Si]([O-])(O1)O[Si]1([O-])O[Si]([O-])(O1)O2.[OH-].[OH-]. The maximum Gasteiger partial charge on any atom is 2.00 e. The summed E-state index contributed by atoms with van der Waals surface area (Å²) in [6.45, 7) is 4.75. The third-order valence-corrected chi connectivity index (χ3v) is 19.6. The molecule has 0 radical (unpaired) electrons. The van der Waals surface area contributed by atoms with E-state index in [1.165, 1.54) is 115 Å². The molecular formula is C27H52LiMgNNaO12Si4-. The molecule has 1 aromatic rings. The Balaban J connectivity index is -0.000000862. The van der Waals surface area contributed by atoms with Crippen LogP contribution in [0.2, 0.25) is 0 Å². The van der Waals surface area contributed by atoms with E-state index in [0.29, 0.717) is 0 Å². The van der Waals surface area contributed by atoms with Gasteiger partial charge in [-0.05, 0) is 12.8 Å². The van der Waals surface area contributed by atoms with Gasteiger partial charge in [-0.2, -0.15) is 0 Å². The quantitative estimate of drug-likeness (QED) is 0.0742. The first-order valence-electron chi connectivity index (χ1n) is 15.8. The Morgan fingerprint density at radius 2 is 0.809 bits per heavy atom. The van der Waals surface area contributed by atoms with Crippen LogP contribution in [0.15, 0.2) is 30.3 Å². The Morgan fingerprint density at radius 1 is 0.532 bits per heavy atom. The van der Waals surface area contributed by atoms with Crippen LogP contribution in [0, 0.1) is 0 Å². The summed E-state index contributed by atoms with van der Waals surface area (Å²) in [6, 6.07) is 10.9. The molecule has 6 aliphatic rings. The third-order valence-electron chi connectivity index (χ3n) is 7.57. The first kappa shape index (κ1) is 53.3. The van der Waals surface area contributed by atoms with Gasteiger partial charge in [-0.25, -0.2) is 0 Å². The molecule has 0 aromatic heterocycles. The molecule has 6 saturated heterocycles. The van der Waals surface area contributed by atoms with E-state index in [0.717, 1.165) is 11.0 Å². The molecule has 2 N–H and O–H groups in total. The van der Waals surface area contributed by atoms with Crippen LogP contribution in [0.1, 0.15) is 115 Å². The Hall–Kier alpha value is 1.93. The maximum absolute atomic E-state index is 11.1. The van der Waals surface area contributed by atoms with Gasteiger partial charge >= 0.3 is 108 Å². The van der Waals surface area contributed by atoms with Crippen LogP contribution in [-0.2, 0) is 31.2 Å². The van der Waals surface area contributed by atoms with Gasteiger partial charge in [-0.1, -0.05) is 127 Å². The molecule has 0 unspecified atom stereocenters. The first-order valence-corrected chi connectivity index (χ1v) is 22.3. The van der Waals surface area contributed by atoms with Crippen LogP contribution in [0.5, 0.6) is 0 Å². The van der Waals surface area contributed by atoms with Gasteiger partial charge in [0.2, 0.25) is 0 Å². The van der Waals surface area contributed by atoms with Crippen molar-refractivity contribution in [3.63, 3.8) is 0 Å². The first-order chi connectivity index (χ1) is 19.9. The molecule has 47 heavy (non-hydrogen) atoms. The standard InChI is InChI=1S/C27H50N.Li.Mg.Na.O10Si4.2H2O/c1-4-5-6-7-8-9-10-11-12-13-14-15-16-17-18-22-25-28(2,3)26-27-23-20-19-21-24-27;;;;1-11-5-12(2,6-11)10-14(4)7-13(3,8-14)9-11;;/h19-21,23-24H,4-18,22,25-26H2,1-3H3;;;;;2*1H2/q2*+1;+2;+1;-4;;/p-2. The van der Waals surface area contributed by atoms with E-state index in [-0.39, 0.29) is 82.4 Å². The Morgan fingerprint density at radius 3 is 1.11 bits per heavy atom. The summed E-state index contributed by atoms with van der Waals surface area (Å²) in [4.78, 5) is 44.5. The summed E-state index contributed by atoms with van der Waals surface area (Å²) in [5, 5.41) is 0. The predicted octanol–water partition coefficient (Wildman–Crippen LogP) is -4.89. The minimum absolute atomic E-state index is 0. The van der Waals surface area contributed by atoms with Crippen molar-refractivity contribution in [1.29, 1.82) is 0 Å². The van der Waals surface area contributed by atoms with Crippen molar-refractivity contribution in [2.24, 2.45) is 0 Å². The molecule has 6 aliphatic heterocycles. The number of nitrogens with zero attached hydrogens (tertiary/aromatic N) is 1. The monoisotopic (exact) mass is 748 g/mol. The molecule has 0 spiro atoms. The fraction of sp³-hybridized carbons (Fsp3) is 0.778. The number of benzene rings is 1. The van der Waals surface area contributed by atoms with E-state index in [2.05, 4.69) is 76.0 Å². The molecule has 20 heteroatoms. The van der Waals surface area contributed by atoms with E-state index in [1.54, 1.807) is 0 Å². The molecule has 0 atom stereocenters. The fourth-order valence-electron chi connectivity index (χ4n) is 5.35. The minimum Gasteiger partial charge on any atom is -0.870 e. The number of hydrogen-bond acceptors (Lipinski definition) is 12. The van der Waals surface area contributed by atoms with E-state index < -0.39 is 36.2 Å². The summed E-state index contributed by atoms with van der Waals surface area (Å²) in [7, 11) is -13.2. The van der Waals surface area contributed by atoms with Gasteiger partial charge in [-0.15, -0.1) is 0 Å². The number of rotatable bonds is 19. The van der Waals surface area contributed by atoms with Crippen LogP contribution in [0.4, 0.5) is 0 Å². The van der Waals surface area contributed by atoms with Crippen LogP contribution in [0.3, 0.4) is 0 Å². The summed E-state index contributed by atoms with van der Waals surface area (Å²) in [5.74, 6) is 0. The summed E-state index contributed by atoms with van der Waals surface area (Å²) in [6.07, 6.45) is 23.2. The van der Waals surface area contributed by atoms with Crippen molar-refractivity contribution in [3.05, 3.63) is 35.9 Å². The van der Waals surface area contributed by atoms with Crippen molar-refractivity contribution >= 4 is 59.2 Å². The zero-order valence-electron chi connectivity index (χ0n) is 29.2. The van der Waals surface area contributed by atoms with E-state index in [9.17, 15) is 19.2 Å². The van der Waals surface area contributed by atoms with Crippen LogP contribution in [0.25, 0.3) is 0 Å². The summed E-state index contributed by atoms with van der Waals surface area (Å²) in [5.41, 5.74) is 1.46. The Labute approximate surface area is 336 Å². The second-order valence-corrected chi connectivity index (χ2v) is 21.1. The molecule has 0 aliphatic carbocycles. The topological polar surface area (TPSA) is 208 Å². The van der Waals surface area contributed by atoms with Gasteiger partial charge in [0.15, 0.2) is 0 Å². The van der Waals surface area contributed by atoms with E-state index in [4.69, 9.17) is 0 Å². The molecular weight excluding hydrogens is 697 g/mol. The second-order valence-electron chi connectivity index (χ2n) is 12.2. The average molecular weight is 749 g/mol.